The minimum Gasteiger partial charge on any atom is -0.454 e. The Kier molecular flexibility index (Phi) is 5.65. The number of hydrogen-bond acceptors (Lipinski definition) is 5. The second-order valence-corrected chi connectivity index (χ2v) is 5.95. The topological polar surface area (TPSA) is 84.0 Å². The Morgan fingerprint density at radius 1 is 1.19 bits per heavy atom. The molecule has 7 nitrogen and oxygen atoms in total. The summed E-state index contributed by atoms with van der Waals surface area (Å²) in [5, 5.41) is 10.3. The average Bonchev–Trinajstić information content (AvgIpc) is 3.09. The molecule has 1 amide bonds. The maximum absolute atomic E-state index is 11.0. The van der Waals surface area contributed by atoms with Gasteiger partial charge in [0.25, 0.3) is 0 Å². The normalized spacial score (nSPS) is 12.0. The molecule has 26 heavy (non-hydrogen) atoms. The first-order chi connectivity index (χ1) is 12.6. The number of hydrazone groups is 1. The van der Waals surface area contributed by atoms with E-state index in [9.17, 15) is 4.79 Å². The van der Waals surface area contributed by atoms with Gasteiger partial charge in [0.05, 0.1) is 6.21 Å². The van der Waals surface area contributed by atoms with E-state index >= 15 is 0 Å². The number of ether oxygens (including phenoxy) is 2. The zero-order valence-corrected chi connectivity index (χ0v) is 14.9. The van der Waals surface area contributed by atoms with Gasteiger partial charge in [-0.3, -0.25) is 10.2 Å². The van der Waals surface area contributed by atoms with E-state index in [4.69, 9.17) is 21.7 Å². The van der Waals surface area contributed by atoms with E-state index in [-0.39, 0.29) is 12.7 Å². The number of anilines is 1. The molecule has 0 fully saturated rings. The Labute approximate surface area is 156 Å². The standard InChI is InChI=1S/C18H18N4O3S/c1-12(23)21-15-5-2-13(3-6-15)10-20-22-18(26)19-9-14-4-7-16-17(8-14)25-11-24-16/h2-8,10H,9,11H2,1H3,(H,21,23)(H2,19,22,26)/b20-10-. The Hall–Kier alpha value is -3.13. The second kappa shape index (κ2) is 8.30. The first-order valence-corrected chi connectivity index (χ1v) is 8.34. The van der Waals surface area contributed by atoms with Crippen molar-refractivity contribution in [3.63, 3.8) is 0 Å². The van der Waals surface area contributed by atoms with Gasteiger partial charge in [0.1, 0.15) is 0 Å². The molecule has 2 aromatic carbocycles. The summed E-state index contributed by atoms with van der Waals surface area (Å²) in [4.78, 5) is 11.0. The SMILES string of the molecule is CC(=O)Nc1ccc(/C=N\NC(=S)NCc2ccc3c(c2)OCO3)cc1. The molecule has 0 bridgehead atoms. The first-order valence-electron chi connectivity index (χ1n) is 7.93. The number of hydrogen-bond donors (Lipinski definition) is 3. The zero-order chi connectivity index (χ0) is 18.4. The van der Waals surface area contributed by atoms with Crippen molar-refractivity contribution in [1.29, 1.82) is 0 Å². The molecule has 0 saturated carbocycles. The molecule has 1 aliphatic heterocycles. The molecule has 1 aliphatic rings. The molecule has 0 aliphatic carbocycles. The molecule has 0 atom stereocenters. The van der Waals surface area contributed by atoms with Gasteiger partial charge >= 0.3 is 0 Å². The monoisotopic (exact) mass is 370 g/mol. The van der Waals surface area contributed by atoms with E-state index in [0.29, 0.717) is 11.7 Å². The van der Waals surface area contributed by atoms with Gasteiger partial charge in [-0.25, -0.2) is 0 Å². The summed E-state index contributed by atoms with van der Waals surface area (Å²) in [5.74, 6) is 1.39. The van der Waals surface area contributed by atoms with Crippen LogP contribution in [-0.4, -0.2) is 24.0 Å². The van der Waals surface area contributed by atoms with E-state index in [2.05, 4.69) is 21.2 Å². The predicted molar refractivity (Wildman–Crippen MR) is 103 cm³/mol. The third kappa shape index (κ3) is 4.93. The summed E-state index contributed by atoms with van der Waals surface area (Å²) in [6, 6.07) is 13.0. The largest absolute Gasteiger partial charge is 0.454 e. The molecule has 0 aromatic heterocycles. The van der Waals surface area contributed by atoms with Gasteiger partial charge in [0.2, 0.25) is 12.7 Å². The number of benzene rings is 2. The van der Waals surface area contributed by atoms with E-state index in [0.717, 1.165) is 28.3 Å². The highest BCUT2D eigenvalue weighted by molar-refractivity contribution is 7.80. The van der Waals surface area contributed by atoms with Crippen molar-refractivity contribution in [2.75, 3.05) is 12.1 Å². The Balaban J connectivity index is 1.45. The van der Waals surface area contributed by atoms with Crippen LogP contribution >= 0.6 is 12.2 Å². The van der Waals surface area contributed by atoms with Gasteiger partial charge in [-0.1, -0.05) is 18.2 Å². The summed E-state index contributed by atoms with van der Waals surface area (Å²) >= 11 is 5.20. The lowest BCUT2D eigenvalue weighted by atomic mass is 10.2. The van der Waals surface area contributed by atoms with Crippen molar-refractivity contribution < 1.29 is 14.3 Å². The van der Waals surface area contributed by atoms with Crippen LogP contribution in [0.4, 0.5) is 5.69 Å². The molecule has 0 unspecified atom stereocenters. The molecule has 0 spiro atoms. The minimum absolute atomic E-state index is 0.105. The van der Waals surface area contributed by atoms with Crippen LogP contribution in [0, 0.1) is 0 Å². The molecule has 134 valence electrons. The third-order valence-corrected chi connectivity index (χ3v) is 3.74. The highest BCUT2D eigenvalue weighted by Crippen LogP contribution is 2.32. The molecule has 3 rings (SSSR count). The number of carbonyl (C=O) groups excluding carboxylic acids is 1. The Morgan fingerprint density at radius 2 is 1.96 bits per heavy atom. The van der Waals surface area contributed by atoms with Crippen molar-refractivity contribution >= 4 is 35.1 Å². The molecule has 2 aromatic rings. The van der Waals surface area contributed by atoms with Crippen LogP contribution in [0.3, 0.4) is 0 Å². The fourth-order valence-electron chi connectivity index (χ4n) is 2.29. The molecule has 3 N–H and O–H groups in total. The van der Waals surface area contributed by atoms with Crippen LogP contribution in [-0.2, 0) is 11.3 Å². The van der Waals surface area contributed by atoms with E-state index < -0.39 is 0 Å². The number of nitrogens with one attached hydrogen (secondary N) is 3. The number of nitrogens with zero attached hydrogens (tertiary/aromatic N) is 1. The Bertz CT molecular complexity index is 837. The molecule has 8 heteroatoms. The van der Waals surface area contributed by atoms with Crippen molar-refractivity contribution in [1.82, 2.24) is 10.7 Å². The van der Waals surface area contributed by atoms with Gasteiger partial charge in [-0.15, -0.1) is 0 Å². The third-order valence-electron chi connectivity index (χ3n) is 3.50. The fraction of sp³-hybridized carbons (Fsp3) is 0.167. The van der Waals surface area contributed by atoms with E-state index in [1.807, 2.05) is 30.3 Å². The molecular formula is C18H18N4O3S. The van der Waals surface area contributed by atoms with Gasteiger partial charge < -0.3 is 20.1 Å². The summed E-state index contributed by atoms with van der Waals surface area (Å²) in [5.41, 5.74) is 5.41. The second-order valence-electron chi connectivity index (χ2n) is 5.54. The van der Waals surface area contributed by atoms with Crippen LogP contribution in [0.15, 0.2) is 47.6 Å². The number of fused-ring (bicyclic) bond motifs is 1. The van der Waals surface area contributed by atoms with Crippen molar-refractivity contribution in [2.24, 2.45) is 5.10 Å². The fourth-order valence-corrected chi connectivity index (χ4v) is 2.42. The summed E-state index contributed by atoms with van der Waals surface area (Å²) in [6.07, 6.45) is 1.64. The lowest BCUT2D eigenvalue weighted by Crippen LogP contribution is -2.31. The van der Waals surface area contributed by atoms with Gasteiger partial charge in [0, 0.05) is 19.2 Å². The highest BCUT2D eigenvalue weighted by Gasteiger charge is 2.12. The van der Waals surface area contributed by atoms with E-state index in [1.54, 1.807) is 18.3 Å². The van der Waals surface area contributed by atoms with Crippen molar-refractivity contribution in [3.8, 4) is 11.5 Å². The minimum atomic E-state index is -0.105. The van der Waals surface area contributed by atoms with Gasteiger partial charge in [0.15, 0.2) is 16.6 Å². The number of thiocarbonyl (C=S) groups is 1. The Morgan fingerprint density at radius 3 is 2.73 bits per heavy atom. The van der Waals surface area contributed by atoms with Crippen molar-refractivity contribution in [2.45, 2.75) is 13.5 Å². The zero-order valence-electron chi connectivity index (χ0n) is 14.1. The molecule has 0 saturated heterocycles. The molecule has 1 heterocycles. The molecule has 0 radical (unpaired) electrons. The lowest BCUT2D eigenvalue weighted by molar-refractivity contribution is -0.114. The van der Waals surface area contributed by atoms with Crippen LogP contribution < -0.4 is 25.5 Å². The van der Waals surface area contributed by atoms with Crippen LogP contribution in [0.25, 0.3) is 0 Å². The average molecular weight is 370 g/mol. The van der Waals surface area contributed by atoms with Crippen LogP contribution in [0.1, 0.15) is 18.1 Å². The number of carbonyl (C=O) groups is 1. The summed E-state index contributed by atoms with van der Waals surface area (Å²) in [7, 11) is 0. The highest BCUT2D eigenvalue weighted by atomic mass is 32.1. The molecular weight excluding hydrogens is 352 g/mol. The number of amides is 1. The van der Waals surface area contributed by atoms with E-state index in [1.165, 1.54) is 6.92 Å². The van der Waals surface area contributed by atoms with Crippen molar-refractivity contribution in [3.05, 3.63) is 53.6 Å². The number of rotatable bonds is 5. The smallest absolute Gasteiger partial charge is 0.231 e. The van der Waals surface area contributed by atoms with Gasteiger partial charge in [-0.05, 0) is 47.6 Å². The predicted octanol–water partition coefficient (Wildman–Crippen LogP) is 2.37. The maximum Gasteiger partial charge on any atom is 0.231 e. The first kappa shape index (κ1) is 17.7. The van der Waals surface area contributed by atoms with Crippen LogP contribution in [0.2, 0.25) is 0 Å². The maximum atomic E-state index is 11.0. The quantitative estimate of drug-likeness (QED) is 0.426. The van der Waals surface area contributed by atoms with Crippen LogP contribution in [0.5, 0.6) is 11.5 Å². The summed E-state index contributed by atoms with van der Waals surface area (Å²) < 4.78 is 10.6. The van der Waals surface area contributed by atoms with Gasteiger partial charge in [-0.2, -0.15) is 5.10 Å². The summed E-state index contributed by atoms with van der Waals surface area (Å²) in [6.45, 7) is 2.27. The lowest BCUT2D eigenvalue weighted by Gasteiger charge is -2.07.